The molecule has 0 heterocycles. The number of hydrogen-bond donors (Lipinski definition) is 0. The van der Waals surface area contributed by atoms with Gasteiger partial charge in [-0.15, -0.1) is 0 Å². The quantitative estimate of drug-likeness (QED) is 0.528. The first-order chi connectivity index (χ1) is 7.22. The highest BCUT2D eigenvalue weighted by atomic mass is 16.5. The minimum atomic E-state index is 0.214. The van der Waals surface area contributed by atoms with E-state index in [2.05, 4.69) is 12.1 Å². The first kappa shape index (κ1) is 11.8. The van der Waals surface area contributed by atoms with Crippen molar-refractivity contribution < 1.29 is 9.53 Å². The van der Waals surface area contributed by atoms with E-state index in [1.54, 1.807) is 0 Å². The van der Waals surface area contributed by atoms with Crippen LogP contribution in [0.2, 0.25) is 0 Å². The van der Waals surface area contributed by atoms with Gasteiger partial charge in [0.2, 0.25) is 0 Å². The number of unbranched alkanes of at least 4 members (excludes halogenated alkanes) is 1. The molecule has 1 aromatic rings. The molecule has 0 N–H and O–H groups in total. The van der Waals surface area contributed by atoms with Crippen LogP contribution < -0.4 is 4.74 Å². The molecular formula is C13H18O2. The van der Waals surface area contributed by atoms with Crippen molar-refractivity contribution in [2.75, 3.05) is 0 Å². The first-order valence-corrected chi connectivity index (χ1v) is 5.41. The average Bonchev–Trinajstić information content (AvgIpc) is 2.20. The smallest absolute Gasteiger partial charge is 0.120 e. The molecule has 0 saturated heterocycles. The molecule has 0 unspecified atom stereocenters. The number of benzene rings is 1. The van der Waals surface area contributed by atoms with Crippen LogP contribution in [-0.2, 0) is 11.2 Å². The van der Waals surface area contributed by atoms with E-state index in [1.165, 1.54) is 5.56 Å². The fourth-order valence-electron chi connectivity index (χ4n) is 1.40. The third-order valence-corrected chi connectivity index (χ3v) is 2.08. The summed E-state index contributed by atoms with van der Waals surface area (Å²) in [5.74, 6) is 0.907. The Kier molecular flexibility index (Phi) is 4.88. The Labute approximate surface area is 91.3 Å². The van der Waals surface area contributed by atoms with Crippen molar-refractivity contribution in [3.8, 4) is 5.75 Å². The lowest BCUT2D eigenvalue weighted by Gasteiger charge is -2.09. The van der Waals surface area contributed by atoms with Crippen LogP contribution in [0.3, 0.4) is 0 Å². The standard InChI is InChI=1S/C13H18O2/c1-11(2)15-13-8-6-12(7-9-13)5-3-4-10-14/h6-11H,3-5H2,1-2H3. The van der Waals surface area contributed by atoms with Crippen LogP contribution >= 0.6 is 0 Å². The SMILES string of the molecule is CC(C)Oc1ccc(CCCC=O)cc1. The molecule has 0 amide bonds. The highest BCUT2D eigenvalue weighted by molar-refractivity contribution is 5.49. The zero-order chi connectivity index (χ0) is 11.1. The number of aryl methyl sites for hydroxylation is 1. The second-order valence-corrected chi connectivity index (χ2v) is 3.87. The zero-order valence-electron chi connectivity index (χ0n) is 9.40. The van der Waals surface area contributed by atoms with Crippen LogP contribution in [0.15, 0.2) is 24.3 Å². The van der Waals surface area contributed by atoms with Crippen LogP contribution in [-0.4, -0.2) is 12.4 Å². The van der Waals surface area contributed by atoms with Gasteiger partial charge >= 0.3 is 0 Å². The predicted molar refractivity (Wildman–Crippen MR) is 61.2 cm³/mol. The van der Waals surface area contributed by atoms with E-state index < -0.39 is 0 Å². The van der Waals surface area contributed by atoms with Crippen LogP contribution in [0.25, 0.3) is 0 Å². The molecule has 2 heteroatoms. The van der Waals surface area contributed by atoms with E-state index in [-0.39, 0.29) is 6.10 Å². The number of carbonyl (C=O) groups is 1. The van der Waals surface area contributed by atoms with Crippen LogP contribution in [0, 0.1) is 0 Å². The molecular weight excluding hydrogens is 188 g/mol. The second kappa shape index (κ2) is 6.23. The van der Waals surface area contributed by atoms with Crippen molar-refractivity contribution >= 4 is 6.29 Å². The van der Waals surface area contributed by atoms with Gasteiger partial charge in [-0.1, -0.05) is 12.1 Å². The van der Waals surface area contributed by atoms with Crippen molar-refractivity contribution in [1.82, 2.24) is 0 Å². The molecule has 0 aromatic heterocycles. The van der Waals surface area contributed by atoms with Crippen molar-refractivity contribution in [1.29, 1.82) is 0 Å². The normalized spacial score (nSPS) is 10.3. The number of aldehydes is 1. The molecule has 0 spiro atoms. The minimum absolute atomic E-state index is 0.214. The lowest BCUT2D eigenvalue weighted by Crippen LogP contribution is -2.05. The molecule has 0 aliphatic rings. The molecule has 0 aliphatic heterocycles. The van der Waals surface area contributed by atoms with Gasteiger partial charge in [-0.05, 0) is 44.4 Å². The van der Waals surface area contributed by atoms with Gasteiger partial charge in [0.1, 0.15) is 12.0 Å². The number of rotatable bonds is 6. The van der Waals surface area contributed by atoms with E-state index >= 15 is 0 Å². The summed E-state index contributed by atoms with van der Waals surface area (Å²) in [5, 5.41) is 0. The summed E-state index contributed by atoms with van der Waals surface area (Å²) in [6.45, 7) is 4.02. The van der Waals surface area contributed by atoms with Crippen molar-refractivity contribution in [3.05, 3.63) is 29.8 Å². The molecule has 0 aliphatic carbocycles. The Morgan fingerprint density at radius 1 is 1.27 bits per heavy atom. The zero-order valence-corrected chi connectivity index (χ0v) is 9.40. The maximum Gasteiger partial charge on any atom is 0.120 e. The maximum atomic E-state index is 10.2. The Morgan fingerprint density at radius 3 is 2.47 bits per heavy atom. The summed E-state index contributed by atoms with van der Waals surface area (Å²) in [6, 6.07) is 8.08. The highest BCUT2D eigenvalue weighted by Crippen LogP contribution is 2.14. The van der Waals surface area contributed by atoms with Gasteiger partial charge in [-0.25, -0.2) is 0 Å². The lowest BCUT2D eigenvalue weighted by atomic mass is 10.1. The molecule has 0 radical (unpaired) electrons. The van der Waals surface area contributed by atoms with E-state index in [9.17, 15) is 4.79 Å². The Bertz CT molecular complexity index is 288. The van der Waals surface area contributed by atoms with Crippen molar-refractivity contribution in [2.24, 2.45) is 0 Å². The van der Waals surface area contributed by atoms with Gasteiger partial charge < -0.3 is 9.53 Å². The minimum Gasteiger partial charge on any atom is -0.491 e. The Morgan fingerprint density at radius 2 is 1.93 bits per heavy atom. The van der Waals surface area contributed by atoms with E-state index in [4.69, 9.17) is 4.74 Å². The summed E-state index contributed by atoms with van der Waals surface area (Å²) in [5.41, 5.74) is 1.26. The lowest BCUT2D eigenvalue weighted by molar-refractivity contribution is -0.107. The van der Waals surface area contributed by atoms with E-state index in [0.29, 0.717) is 6.42 Å². The molecule has 0 fully saturated rings. The summed E-state index contributed by atoms with van der Waals surface area (Å²) in [4.78, 5) is 10.2. The Hall–Kier alpha value is -1.31. The number of ether oxygens (including phenoxy) is 1. The topological polar surface area (TPSA) is 26.3 Å². The van der Waals surface area contributed by atoms with Crippen LogP contribution in [0.1, 0.15) is 32.3 Å². The number of carbonyl (C=O) groups excluding carboxylic acids is 1. The summed E-state index contributed by atoms with van der Waals surface area (Å²) in [6.07, 6.45) is 3.71. The predicted octanol–water partition coefficient (Wildman–Crippen LogP) is 3.00. The number of hydrogen-bond acceptors (Lipinski definition) is 2. The van der Waals surface area contributed by atoms with Gasteiger partial charge in [0.05, 0.1) is 6.10 Å². The average molecular weight is 206 g/mol. The Balaban J connectivity index is 2.45. The molecule has 0 bridgehead atoms. The highest BCUT2D eigenvalue weighted by Gasteiger charge is 1.97. The van der Waals surface area contributed by atoms with Crippen LogP contribution in [0.4, 0.5) is 0 Å². The summed E-state index contributed by atoms with van der Waals surface area (Å²) < 4.78 is 5.54. The van der Waals surface area contributed by atoms with E-state index in [0.717, 1.165) is 24.9 Å². The summed E-state index contributed by atoms with van der Waals surface area (Å²) in [7, 11) is 0. The third-order valence-electron chi connectivity index (χ3n) is 2.08. The molecule has 2 nitrogen and oxygen atoms in total. The van der Waals surface area contributed by atoms with Crippen molar-refractivity contribution in [3.63, 3.8) is 0 Å². The fraction of sp³-hybridized carbons (Fsp3) is 0.462. The summed E-state index contributed by atoms with van der Waals surface area (Å²) >= 11 is 0. The maximum absolute atomic E-state index is 10.2. The van der Waals surface area contributed by atoms with Gasteiger partial charge in [0.25, 0.3) is 0 Å². The fourth-order valence-corrected chi connectivity index (χ4v) is 1.40. The largest absolute Gasteiger partial charge is 0.491 e. The van der Waals surface area contributed by atoms with Crippen molar-refractivity contribution in [2.45, 2.75) is 39.2 Å². The molecule has 1 aromatic carbocycles. The molecule has 1 rings (SSSR count). The van der Waals surface area contributed by atoms with E-state index in [1.807, 2.05) is 26.0 Å². The molecule has 0 atom stereocenters. The molecule has 82 valence electrons. The first-order valence-electron chi connectivity index (χ1n) is 5.41. The molecule has 15 heavy (non-hydrogen) atoms. The third kappa shape index (κ3) is 4.63. The van der Waals surface area contributed by atoms with Gasteiger partial charge in [-0.2, -0.15) is 0 Å². The second-order valence-electron chi connectivity index (χ2n) is 3.87. The van der Waals surface area contributed by atoms with Gasteiger partial charge in [0, 0.05) is 6.42 Å². The van der Waals surface area contributed by atoms with Crippen LogP contribution in [0.5, 0.6) is 5.75 Å². The van der Waals surface area contributed by atoms with Gasteiger partial charge in [0.15, 0.2) is 0 Å². The molecule has 0 saturated carbocycles. The van der Waals surface area contributed by atoms with Gasteiger partial charge in [-0.3, -0.25) is 0 Å². The monoisotopic (exact) mass is 206 g/mol.